The first-order valence-corrected chi connectivity index (χ1v) is 8.58. The van der Waals surface area contributed by atoms with E-state index in [1.807, 2.05) is 19.9 Å². The molecule has 29 heavy (non-hydrogen) atoms. The summed E-state index contributed by atoms with van der Waals surface area (Å²) in [6, 6.07) is 4.28. The summed E-state index contributed by atoms with van der Waals surface area (Å²) in [6.07, 6.45) is 5.24. The van der Waals surface area contributed by atoms with E-state index in [9.17, 15) is 18.4 Å². The Kier molecular flexibility index (Phi) is 7.13. The number of amides is 1. The maximum absolute atomic E-state index is 13.6. The molecule has 1 heterocycles. The van der Waals surface area contributed by atoms with E-state index < -0.39 is 23.5 Å². The van der Waals surface area contributed by atoms with Gasteiger partial charge in [0.15, 0.2) is 23.1 Å². The highest BCUT2D eigenvalue weighted by Crippen LogP contribution is 2.22. The third-order valence-corrected chi connectivity index (χ3v) is 3.69. The van der Waals surface area contributed by atoms with Crippen molar-refractivity contribution in [3.63, 3.8) is 0 Å². The smallest absolute Gasteiger partial charge is 0.340 e. The number of hydrogen-bond donors (Lipinski definition) is 1. The number of carbonyl (C=O) groups excluding carboxylic acids is 2. The molecule has 1 N–H and O–H groups in total. The maximum atomic E-state index is 13.6. The predicted molar refractivity (Wildman–Crippen MR) is 104 cm³/mol. The molecule has 0 saturated carbocycles. The zero-order chi connectivity index (χ0) is 21.6. The highest BCUT2D eigenvalue weighted by atomic mass is 19.2. The molecule has 0 aliphatic heterocycles. The summed E-state index contributed by atoms with van der Waals surface area (Å²) >= 11 is 0. The van der Waals surface area contributed by atoms with Crippen molar-refractivity contribution < 1.29 is 23.1 Å². The molecule has 1 aromatic carbocycles. The van der Waals surface area contributed by atoms with E-state index in [1.54, 1.807) is 17.2 Å². The zero-order valence-corrected chi connectivity index (χ0v) is 16.1. The Balaban J connectivity index is 2.25. The van der Waals surface area contributed by atoms with Crippen molar-refractivity contribution in [2.24, 2.45) is 5.92 Å². The molecular weight excluding hydrogens is 382 g/mol. The zero-order valence-electron chi connectivity index (χ0n) is 16.1. The van der Waals surface area contributed by atoms with E-state index in [1.165, 1.54) is 12.3 Å². The molecule has 2 rings (SSSR count). The second kappa shape index (κ2) is 9.54. The summed E-state index contributed by atoms with van der Waals surface area (Å²) in [4.78, 5) is 25.8. The molecular formula is C20H20F2N4O3. The van der Waals surface area contributed by atoms with Crippen molar-refractivity contribution in [3.8, 4) is 0 Å². The van der Waals surface area contributed by atoms with Crippen LogP contribution < -0.4 is 10.2 Å². The van der Waals surface area contributed by atoms with Crippen molar-refractivity contribution >= 4 is 23.4 Å². The molecule has 152 valence electrons. The molecule has 0 unspecified atom stereocenters. The monoisotopic (exact) mass is 402 g/mol. The number of hydrogen-bond acceptors (Lipinski definition) is 6. The quantitative estimate of drug-likeness (QED) is 0.707. The summed E-state index contributed by atoms with van der Waals surface area (Å²) in [5, 5.41) is 10.1. The molecule has 1 amide bonds. The molecule has 9 heteroatoms. The fourth-order valence-electron chi connectivity index (χ4n) is 2.20. The molecule has 0 atom stereocenters. The predicted octanol–water partition coefficient (Wildman–Crippen LogP) is 3.91. The Hall–Kier alpha value is -3.62. The summed E-state index contributed by atoms with van der Waals surface area (Å²) < 4.78 is 31.5. The van der Waals surface area contributed by atoms with Crippen LogP contribution in [0, 0.1) is 17.6 Å². The Bertz CT molecular complexity index is 943. The lowest BCUT2D eigenvalue weighted by molar-refractivity contribution is 0.0601. The normalized spacial score (nSPS) is 10.8. The standard InChI is InChI=1S/C20H20F2N4O3/c1-5-26(9-8-12(2)3)18-7-6-16(24-25-18)19(27)23-17-11-15(22)14(21)10-13(17)20(28)29-4/h5-12H,1H2,2-4H3,(H,23,27)/b9-8-. The first-order chi connectivity index (χ1) is 13.8. The van der Waals surface area contributed by atoms with E-state index in [0.717, 1.165) is 7.11 Å². The van der Waals surface area contributed by atoms with Crippen LogP contribution in [0.3, 0.4) is 0 Å². The maximum Gasteiger partial charge on any atom is 0.340 e. The number of aromatic nitrogens is 2. The highest BCUT2D eigenvalue weighted by Gasteiger charge is 2.19. The third-order valence-electron chi connectivity index (χ3n) is 3.69. The van der Waals surface area contributed by atoms with Crippen LogP contribution in [0.25, 0.3) is 0 Å². The van der Waals surface area contributed by atoms with Gasteiger partial charge in [-0.2, -0.15) is 0 Å². The average molecular weight is 402 g/mol. The van der Waals surface area contributed by atoms with Crippen molar-refractivity contribution in [1.82, 2.24) is 10.2 Å². The number of nitrogens with zero attached hydrogens (tertiary/aromatic N) is 3. The van der Waals surface area contributed by atoms with Crippen LogP contribution in [0.15, 0.2) is 49.3 Å². The van der Waals surface area contributed by atoms with E-state index in [-0.39, 0.29) is 16.9 Å². The summed E-state index contributed by atoms with van der Waals surface area (Å²) in [7, 11) is 1.08. The fraction of sp³-hybridized carbons (Fsp3) is 0.200. The Morgan fingerprint density at radius 3 is 2.45 bits per heavy atom. The molecule has 1 aromatic heterocycles. The van der Waals surface area contributed by atoms with Crippen molar-refractivity contribution in [2.45, 2.75) is 13.8 Å². The van der Waals surface area contributed by atoms with E-state index >= 15 is 0 Å². The summed E-state index contributed by atoms with van der Waals surface area (Å²) in [6.45, 7) is 7.72. The third kappa shape index (κ3) is 5.44. The van der Waals surface area contributed by atoms with Crippen LogP contribution in [-0.2, 0) is 4.74 Å². The molecule has 0 bridgehead atoms. The molecule has 0 spiro atoms. The van der Waals surface area contributed by atoms with Crippen molar-refractivity contribution in [2.75, 3.05) is 17.3 Å². The largest absolute Gasteiger partial charge is 0.465 e. The van der Waals surface area contributed by atoms with Crippen molar-refractivity contribution in [1.29, 1.82) is 0 Å². The number of anilines is 2. The highest BCUT2D eigenvalue weighted by molar-refractivity contribution is 6.07. The number of ether oxygens (including phenoxy) is 1. The number of nitrogens with one attached hydrogen (secondary N) is 1. The topological polar surface area (TPSA) is 84.4 Å². The molecule has 0 aliphatic rings. The number of benzene rings is 1. The van der Waals surface area contributed by atoms with Gasteiger partial charge in [-0.25, -0.2) is 13.6 Å². The summed E-state index contributed by atoms with van der Waals surface area (Å²) in [5.74, 6) is -3.42. The van der Waals surface area contributed by atoms with Gasteiger partial charge in [0.05, 0.1) is 18.4 Å². The van der Waals surface area contributed by atoms with E-state index in [4.69, 9.17) is 0 Å². The van der Waals surface area contributed by atoms with E-state index in [0.29, 0.717) is 23.9 Å². The second-order valence-electron chi connectivity index (χ2n) is 6.21. The molecule has 0 aliphatic carbocycles. The Morgan fingerprint density at radius 1 is 1.21 bits per heavy atom. The number of allylic oxidation sites excluding steroid dienone is 1. The Morgan fingerprint density at radius 2 is 1.90 bits per heavy atom. The second-order valence-corrected chi connectivity index (χ2v) is 6.21. The number of rotatable bonds is 7. The molecule has 0 saturated heterocycles. The van der Waals surface area contributed by atoms with Gasteiger partial charge in [0.2, 0.25) is 0 Å². The minimum atomic E-state index is -1.24. The molecule has 0 radical (unpaired) electrons. The lowest BCUT2D eigenvalue weighted by Gasteiger charge is -2.14. The minimum Gasteiger partial charge on any atom is -0.465 e. The average Bonchev–Trinajstić information content (AvgIpc) is 2.70. The van der Waals surface area contributed by atoms with E-state index in [2.05, 4.69) is 26.8 Å². The Labute approximate surface area is 166 Å². The van der Waals surface area contributed by atoms with Crippen LogP contribution in [-0.4, -0.2) is 29.2 Å². The minimum absolute atomic E-state index is 0.0915. The molecule has 7 nitrogen and oxygen atoms in total. The van der Waals surface area contributed by atoms with Crippen LogP contribution in [0.4, 0.5) is 20.3 Å². The first-order valence-electron chi connectivity index (χ1n) is 8.58. The lowest BCUT2D eigenvalue weighted by Crippen LogP contribution is -2.18. The van der Waals surface area contributed by atoms with Gasteiger partial charge in [0, 0.05) is 18.5 Å². The van der Waals surface area contributed by atoms with Gasteiger partial charge in [0.1, 0.15) is 0 Å². The van der Waals surface area contributed by atoms with Gasteiger partial charge in [-0.3, -0.25) is 4.79 Å². The van der Waals surface area contributed by atoms with Crippen LogP contribution in [0.5, 0.6) is 0 Å². The van der Waals surface area contributed by atoms with Gasteiger partial charge < -0.3 is 15.0 Å². The van der Waals surface area contributed by atoms with Crippen LogP contribution >= 0.6 is 0 Å². The number of methoxy groups -OCH3 is 1. The van der Waals surface area contributed by atoms with Gasteiger partial charge >= 0.3 is 5.97 Å². The number of halogens is 2. The number of carbonyl (C=O) groups is 2. The molecule has 0 fully saturated rings. The summed E-state index contributed by atoms with van der Waals surface area (Å²) in [5.41, 5.74) is -0.675. The molecule has 2 aromatic rings. The fourth-order valence-corrected chi connectivity index (χ4v) is 2.20. The van der Waals surface area contributed by atoms with Crippen LogP contribution in [0.2, 0.25) is 0 Å². The lowest BCUT2D eigenvalue weighted by atomic mass is 10.1. The van der Waals surface area contributed by atoms with Gasteiger partial charge in [-0.05, 0) is 24.1 Å². The van der Waals surface area contributed by atoms with Crippen LogP contribution in [0.1, 0.15) is 34.7 Å². The van der Waals surface area contributed by atoms with Gasteiger partial charge in [-0.1, -0.05) is 26.5 Å². The van der Waals surface area contributed by atoms with Gasteiger partial charge in [0.25, 0.3) is 5.91 Å². The first kappa shape index (κ1) is 21.7. The van der Waals surface area contributed by atoms with Gasteiger partial charge in [-0.15, -0.1) is 10.2 Å². The SMILES string of the molecule is C=CN(/C=C\C(C)C)c1ccc(C(=O)Nc2cc(F)c(F)cc2C(=O)OC)nn1. The van der Waals surface area contributed by atoms with Crippen molar-refractivity contribution in [3.05, 3.63) is 72.2 Å². The number of esters is 1.